The number of amides is 5. The summed E-state index contributed by atoms with van der Waals surface area (Å²) < 4.78 is 0. The number of carboxylic acids is 2. The van der Waals surface area contributed by atoms with Gasteiger partial charge in [0.05, 0.1) is 25.5 Å². The van der Waals surface area contributed by atoms with E-state index in [-0.39, 0.29) is 6.42 Å². The van der Waals surface area contributed by atoms with Crippen LogP contribution in [0, 0.1) is 0 Å². The van der Waals surface area contributed by atoms with Gasteiger partial charge in [-0.2, -0.15) is 0 Å². The van der Waals surface area contributed by atoms with Crippen molar-refractivity contribution in [1.29, 1.82) is 0 Å². The van der Waals surface area contributed by atoms with Crippen molar-refractivity contribution in [2.75, 3.05) is 19.7 Å². The topological polar surface area (TPSA) is 321 Å². The van der Waals surface area contributed by atoms with E-state index in [0.29, 0.717) is 31.5 Å². The highest BCUT2D eigenvalue weighted by Crippen LogP contribution is 2.04. The predicted molar refractivity (Wildman–Crippen MR) is 151 cm³/mol. The molecule has 1 aromatic heterocycles. The summed E-state index contributed by atoms with van der Waals surface area (Å²) in [6.45, 7) is 0.126. The van der Waals surface area contributed by atoms with E-state index in [1.54, 1.807) is 0 Å². The molecule has 0 unspecified atom stereocenters. The van der Waals surface area contributed by atoms with Crippen LogP contribution in [-0.2, 0) is 40.0 Å². The fraction of sp³-hybridized carbons (Fsp3) is 0.600. The molecule has 0 bridgehead atoms. The first-order valence-corrected chi connectivity index (χ1v) is 13.8. The summed E-state index contributed by atoms with van der Waals surface area (Å²) in [6, 6.07) is -6.40. The van der Waals surface area contributed by atoms with Crippen molar-refractivity contribution in [1.82, 2.24) is 36.6 Å². The standard InChI is InChI=1S/C25H41N9O10/c1-13(31-24(42)17(8-14-9-28-12-30-14)33-22(40)15(27)4-2-3-7-26)21(39)29-10-19(36)32-16(5-6-20(37)38)23(41)34-18(11-35)25(43)44/h9,12-13,15-18,35H,2-8,10-11,26-27H2,1H3,(H,28,30)(H,29,39)(H,31,42)(H,32,36)(H,33,40)(H,34,41)(H,37,38)(H,43,44)/t13-,15-,16-,17-,18-/m0/s1. The van der Waals surface area contributed by atoms with Crippen molar-refractivity contribution >= 4 is 41.5 Å². The second-order valence-electron chi connectivity index (χ2n) is 9.82. The van der Waals surface area contributed by atoms with Gasteiger partial charge in [-0.15, -0.1) is 0 Å². The number of aliphatic carboxylic acids is 2. The lowest BCUT2D eigenvalue weighted by molar-refractivity contribution is -0.144. The summed E-state index contributed by atoms with van der Waals surface area (Å²) in [6.07, 6.45) is 3.52. The molecule has 0 aliphatic carbocycles. The van der Waals surface area contributed by atoms with Crippen LogP contribution in [-0.4, -0.2) is 117 Å². The largest absolute Gasteiger partial charge is 0.481 e. The van der Waals surface area contributed by atoms with Crippen molar-refractivity contribution < 1.29 is 48.9 Å². The molecule has 5 atom stereocenters. The van der Waals surface area contributed by atoms with Crippen LogP contribution in [0.15, 0.2) is 12.5 Å². The number of aromatic nitrogens is 2. The number of unbranched alkanes of at least 4 members (excludes halogenated alkanes) is 1. The van der Waals surface area contributed by atoms with E-state index >= 15 is 0 Å². The van der Waals surface area contributed by atoms with Crippen molar-refractivity contribution in [2.24, 2.45) is 11.5 Å². The first-order valence-electron chi connectivity index (χ1n) is 13.8. The van der Waals surface area contributed by atoms with Crippen molar-refractivity contribution in [2.45, 2.75) is 75.7 Å². The summed E-state index contributed by atoms with van der Waals surface area (Å²) in [5.74, 6) is -6.94. The maximum Gasteiger partial charge on any atom is 0.328 e. The molecule has 0 saturated heterocycles. The highest BCUT2D eigenvalue weighted by atomic mass is 16.4. The number of aromatic amines is 1. The van der Waals surface area contributed by atoms with Gasteiger partial charge in [0.25, 0.3) is 0 Å². The third kappa shape index (κ3) is 14.0. The van der Waals surface area contributed by atoms with Gasteiger partial charge in [-0.3, -0.25) is 28.8 Å². The Morgan fingerprint density at radius 3 is 2.11 bits per heavy atom. The average Bonchev–Trinajstić information content (AvgIpc) is 3.49. The van der Waals surface area contributed by atoms with E-state index in [1.165, 1.54) is 19.4 Å². The highest BCUT2D eigenvalue weighted by Gasteiger charge is 2.29. The Hall–Kier alpha value is -4.62. The fourth-order valence-electron chi connectivity index (χ4n) is 3.68. The SMILES string of the molecule is C[C@H](NC(=O)[C@H](Cc1cnc[nH]1)NC(=O)[C@@H](N)CCCCN)C(=O)NCC(=O)N[C@@H](CCC(=O)O)C(=O)N[C@@H](CO)C(=O)O. The lowest BCUT2D eigenvalue weighted by Gasteiger charge is -2.23. The molecule has 0 saturated carbocycles. The van der Waals surface area contributed by atoms with Gasteiger partial charge in [-0.1, -0.05) is 6.42 Å². The Kier molecular flexibility index (Phi) is 16.6. The smallest absolute Gasteiger partial charge is 0.328 e. The monoisotopic (exact) mass is 627 g/mol. The number of aliphatic hydroxyl groups is 1. The zero-order chi connectivity index (χ0) is 33.2. The molecule has 246 valence electrons. The lowest BCUT2D eigenvalue weighted by atomic mass is 10.1. The van der Waals surface area contributed by atoms with Gasteiger partial charge in [-0.25, -0.2) is 9.78 Å². The van der Waals surface area contributed by atoms with Gasteiger partial charge >= 0.3 is 11.9 Å². The molecule has 0 radical (unpaired) electrons. The lowest BCUT2D eigenvalue weighted by Crippen LogP contribution is -2.56. The molecule has 13 N–H and O–H groups in total. The van der Waals surface area contributed by atoms with E-state index < -0.39 is 97.7 Å². The van der Waals surface area contributed by atoms with Gasteiger partial charge in [0, 0.05) is 24.7 Å². The van der Waals surface area contributed by atoms with Crippen LogP contribution in [0.5, 0.6) is 0 Å². The molecule has 1 heterocycles. The number of imidazole rings is 1. The zero-order valence-electron chi connectivity index (χ0n) is 24.2. The summed E-state index contributed by atoms with van der Waals surface area (Å²) >= 11 is 0. The zero-order valence-corrected chi connectivity index (χ0v) is 24.2. The number of carboxylic acid groups (broad SMARTS) is 2. The molecule has 1 aromatic rings. The number of rotatable bonds is 21. The van der Waals surface area contributed by atoms with E-state index in [2.05, 4.69) is 31.2 Å². The van der Waals surface area contributed by atoms with Crippen molar-refractivity contribution in [3.63, 3.8) is 0 Å². The number of aliphatic hydroxyl groups excluding tert-OH is 1. The van der Waals surface area contributed by atoms with Crippen LogP contribution < -0.4 is 38.1 Å². The van der Waals surface area contributed by atoms with Gasteiger partial charge < -0.3 is 58.4 Å². The molecule has 19 nitrogen and oxygen atoms in total. The molecular weight excluding hydrogens is 586 g/mol. The van der Waals surface area contributed by atoms with Crippen LogP contribution in [0.25, 0.3) is 0 Å². The number of hydrogen-bond acceptors (Lipinski definition) is 11. The van der Waals surface area contributed by atoms with E-state index in [4.69, 9.17) is 26.8 Å². The molecule has 44 heavy (non-hydrogen) atoms. The van der Waals surface area contributed by atoms with Gasteiger partial charge in [0.2, 0.25) is 29.5 Å². The molecule has 5 amide bonds. The fourth-order valence-corrected chi connectivity index (χ4v) is 3.68. The van der Waals surface area contributed by atoms with Crippen LogP contribution in [0.4, 0.5) is 0 Å². The Balaban J connectivity index is 2.78. The van der Waals surface area contributed by atoms with Gasteiger partial charge in [0.1, 0.15) is 24.2 Å². The molecular formula is C25H41N9O10. The van der Waals surface area contributed by atoms with Gasteiger partial charge in [0.15, 0.2) is 0 Å². The number of nitrogens with zero attached hydrogens (tertiary/aromatic N) is 1. The van der Waals surface area contributed by atoms with Gasteiger partial charge in [-0.05, 0) is 32.7 Å². The molecule has 0 spiro atoms. The second-order valence-corrected chi connectivity index (χ2v) is 9.82. The number of hydrogen-bond donors (Lipinski definition) is 11. The first kappa shape index (κ1) is 37.4. The Morgan fingerprint density at radius 2 is 1.55 bits per heavy atom. The molecule has 19 heteroatoms. The molecule has 0 aliphatic heterocycles. The highest BCUT2D eigenvalue weighted by molar-refractivity contribution is 5.95. The summed E-state index contributed by atoms with van der Waals surface area (Å²) in [7, 11) is 0. The summed E-state index contributed by atoms with van der Waals surface area (Å²) in [5.41, 5.74) is 11.9. The minimum absolute atomic E-state index is 0.00263. The predicted octanol–water partition coefficient (Wildman–Crippen LogP) is -4.57. The average molecular weight is 628 g/mol. The number of nitrogens with one attached hydrogen (secondary N) is 6. The van der Waals surface area contributed by atoms with Crippen LogP contribution in [0.1, 0.15) is 44.7 Å². The molecule has 0 aliphatic rings. The number of nitrogens with two attached hydrogens (primary N) is 2. The normalized spacial score (nSPS) is 14.2. The molecule has 0 fully saturated rings. The van der Waals surface area contributed by atoms with Crippen LogP contribution in [0.2, 0.25) is 0 Å². The Bertz CT molecular complexity index is 1130. The van der Waals surface area contributed by atoms with E-state index in [1.807, 2.05) is 5.32 Å². The quantitative estimate of drug-likeness (QED) is 0.0573. The molecule has 1 rings (SSSR count). The number of carbonyl (C=O) groups excluding carboxylic acids is 5. The third-order valence-corrected chi connectivity index (χ3v) is 6.19. The van der Waals surface area contributed by atoms with Crippen molar-refractivity contribution in [3.8, 4) is 0 Å². The van der Waals surface area contributed by atoms with Crippen LogP contribution >= 0.6 is 0 Å². The summed E-state index contributed by atoms with van der Waals surface area (Å²) in [4.78, 5) is 91.8. The minimum atomic E-state index is -1.69. The second kappa shape index (κ2) is 19.5. The Labute approximate surface area is 252 Å². The maximum absolute atomic E-state index is 13.0. The van der Waals surface area contributed by atoms with E-state index in [9.17, 15) is 33.6 Å². The summed E-state index contributed by atoms with van der Waals surface area (Å²) in [5, 5.41) is 38.5. The number of carbonyl (C=O) groups is 7. The van der Waals surface area contributed by atoms with Crippen LogP contribution in [0.3, 0.4) is 0 Å². The first-order chi connectivity index (χ1) is 20.8. The number of H-pyrrole nitrogens is 1. The maximum atomic E-state index is 13.0. The Morgan fingerprint density at radius 1 is 0.886 bits per heavy atom. The minimum Gasteiger partial charge on any atom is -0.481 e. The van der Waals surface area contributed by atoms with E-state index in [0.717, 1.165) is 0 Å². The third-order valence-electron chi connectivity index (χ3n) is 6.19. The van der Waals surface area contributed by atoms with Crippen molar-refractivity contribution in [3.05, 3.63) is 18.2 Å². The molecule has 0 aromatic carbocycles.